The molecule has 1 aliphatic carbocycles. The van der Waals surface area contributed by atoms with Gasteiger partial charge in [-0.15, -0.1) is 0 Å². The first-order valence-corrected chi connectivity index (χ1v) is 6.65. The van der Waals surface area contributed by atoms with Gasteiger partial charge in [0.25, 0.3) is 0 Å². The van der Waals surface area contributed by atoms with Crippen LogP contribution in [-0.2, 0) is 9.47 Å². The van der Waals surface area contributed by atoms with E-state index < -0.39 is 0 Å². The van der Waals surface area contributed by atoms with Crippen LogP contribution in [0.25, 0.3) is 0 Å². The first-order chi connectivity index (χ1) is 7.66. The summed E-state index contributed by atoms with van der Waals surface area (Å²) >= 11 is 0. The molecule has 3 heteroatoms. The van der Waals surface area contributed by atoms with Crippen LogP contribution in [-0.4, -0.2) is 31.5 Å². The summed E-state index contributed by atoms with van der Waals surface area (Å²) < 4.78 is 11.6. The Morgan fingerprint density at radius 2 is 1.94 bits per heavy atom. The first-order valence-electron chi connectivity index (χ1n) is 6.65. The molecule has 0 spiro atoms. The van der Waals surface area contributed by atoms with Crippen LogP contribution in [0.15, 0.2) is 0 Å². The van der Waals surface area contributed by atoms with E-state index in [9.17, 15) is 0 Å². The third kappa shape index (κ3) is 2.96. The molecule has 0 bridgehead atoms. The highest BCUT2D eigenvalue weighted by molar-refractivity contribution is 4.81. The Bertz CT molecular complexity index is 222. The van der Waals surface area contributed by atoms with Crippen molar-refractivity contribution < 1.29 is 9.47 Å². The van der Waals surface area contributed by atoms with Gasteiger partial charge in [0, 0.05) is 12.6 Å². The zero-order chi connectivity index (χ0) is 11.5. The van der Waals surface area contributed by atoms with E-state index in [1.54, 1.807) is 0 Å². The van der Waals surface area contributed by atoms with E-state index in [1.165, 1.54) is 19.3 Å². The largest absolute Gasteiger partial charge is 0.379 e. The molecule has 1 aliphatic heterocycles. The monoisotopic (exact) mass is 227 g/mol. The highest BCUT2D eigenvalue weighted by Gasteiger charge is 2.30. The lowest BCUT2D eigenvalue weighted by Crippen LogP contribution is -2.47. The number of hydrogen-bond donors (Lipinski definition) is 1. The van der Waals surface area contributed by atoms with Crippen molar-refractivity contribution in [1.29, 1.82) is 0 Å². The van der Waals surface area contributed by atoms with Gasteiger partial charge >= 0.3 is 0 Å². The van der Waals surface area contributed by atoms with Crippen LogP contribution in [0.1, 0.15) is 39.5 Å². The summed E-state index contributed by atoms with van der Waals surface area (Å²) in [5.74, 6) is 1.62. The van der Waals surface area contributed by atoms with Crippen molar-refractivity contribution in [2.24, 2.45) is 17.6 Å². The molecule has 94 valence electrons. The van der Waals surface area contributed by atoms with Gasteiger partial charge in [-0.3, -0.25) is 0 Å². The normalized spacial score (nSPS) is 45.6. The fourth-order valence-electron chi connectivity index (χ4n) is 2.74. The maximum Gasteiger partial charge on any atom is 0.0963 e. The van der Waals surface area contributed by atoms with Crippen LogP contribution >= 0.6 is 0 Å². The molecule has 0 aromatic rings. The zero-order valence-corrected chi connectivity index (χ0v) is 10.5. The second-order valence-corrected chi connectivity index (χ2v) is 5.59. The van der Waals surface area contributed by atoms with Crippen LogP contribution < -0.4 is 5.73 Å². The molecule has 5 unspecified atom stereocenters. The van der Waals surface area contributed by atoms with E-state index in [-0.39, 0.29) is 12.1 Å². The summed E-state index contributed by atoms with van der Waals surface area (Å²) in [6.45, 7) is 6.15. The number of hydrogen-bond acceptors (Lipinski definition) is 3. The predicted octanol–water partition coefficient (Wildman–Crippen LogP) is 1.94. The Hall–Kier alpha value is -0.120. The third-order valence-corrected chi connectivity index (χ3v) is 4.27. The molecule has 1 saturated heterocycles. The van der Waals surface area contributed by atoms with Crippen LogP contribution in [0.5, 0.6) is 0 Å². The lowest BCUT2D eigenvalue weighted by molar-refractivity contribution is -0.109. The van der Waals surface area contributed by atoms with Crippen molar-refractivity contribution in [2.45, 2.75) is 57.8 Å². The van der Waals surface area contributed by atoms with Gasteiger partial charge in [0.1, 0.15) is 0 Å². The highest BCUT2D eigenvalue weighted by Crippen LogP contribution is 2.32. The molecule has 2 rings (SSSR count). The van der Waals surface area contributed by atoms with Crippen LogP contribution in [0.3, 0.4) is 0 Å². The smallest absolute Gasteiger partial charge is 0.0963 e. The van der Waals surface area contributed by atoms with E-state index >= 15 is 0 Å². The van der Waals surface area contributed by atoms with Gasteiger partial charge in [-0.05, 0) is 37.5 Å². The number of rotatable bonds is 2. The molecule has 0 radical (unpaired) electrons. The van der Waals surface area contributed by atoms with E-state index in [1.807, 2.05) is 0 Å². The molecule has 0 aromatic heterocycles. The van der Waals surface area contributed by atoms with Crippen LogP contribution in [0.4, 0.5) is 0 Å². The fraction of sp³-hybridized carbons (Fsp3) is 1.00. The Kier molecular flexibility index (Phi) is 4.22. The summed E-state index contributed by atoms with van der Waals surface area (Å²) in [5, 5.41) is 0. The van der Waals surface area contributed by atoms with Gasteiger partial charge in [0.15, 0.2) is 0 Å². The van der Waals surface area contributed by atoms with Gasteiger partial charge < -0.3 is 15.2 Å². The minimum atomic E-state index is 0.124. The Morgan fingerprint density at radius 1 is 1.12 bits per heavy atom. The molecular formula is C13H25NO2. The summed E-state index contributed by atoms with van der Waals surface area (Å²) in [6, 6.07) is 0.170. The first kappa shape index (κ1) is 12.3. The molecule has 1 heterocycles. The summed E-state index contributed by atoms with van der Waals surface area (Å²) in [7, 11) is 0. The Balaban J connectivity index is 1.80. The summed E-state index contributed by atoms with van der Waals surface area (Å²) in [4.78, 5) is 0. The number of nitrogens with two attached hydrogens (primary N) is 1. The van der Waals surface area contributed by atoms with E-state index in [0.717, 1.165) is 24.9 Å². The lowest BCUT2D eigenvalue weighted by Gasteiger charge is -2.37. The molecule has 0 aromatic carbocycles. The second-order valence-electron chi connectivity index (χ2n) is 5.59. The standard InChI is InChI=1S/C13H25NO2/c1-9-3-4-11(7-10(9)2)16-13-8-15-6-5-12(13)14/h9-13H,3-8,14H2,1-2H3. The lowest BCUT2D eigenvalue weighted by atomic mass is 9.80. The minimum absolute atomic E-state index is 0.124. The SMILES string of the molecule is CC1CCC(OC2COCCC2N)CC1C. The average molecular weight is 227 g/mol. The van der Waals surface area contributed by atoms with Gasteiger partial charge in [-0.25, -0.2) is 0 Å². The highest BCUT2D eigenvalue weighted by atomic mass is 16.5. The van der Waals surface area contributed by atoms with Crippen molar-refractivity contribution in [3.8, 4) is 0 Å². The van der Waals surface area contributed by atoms with Crippen molar-refractivity contribution in [3.05, 3.63) is 0 Å². The minimum Gasteiger partial charge on any atom is -0.379 e. The van der Waals surface area contributed by atoms with Gasteiger partial charge in [-0.2, -0.15) is 0 Å². The van der Waals surface area contributed by atoms with Gasteiger partial charge in [-0.1, -0.05) is 13.8 Å². The molecule has 0 amide bonds. The second kappa shape index (κ2) is 5.48. The van der Waals surface area contributed by atoms with Crippen molar-refractivity contribution in [1.82, 2.24) is 0 Å². The number of ether oxygens (including phenoxy) is 2. The van der Waals surface area contributed by atoms with E-state index in [0.29, 0.717) is 12.7 Å². The van der Waals surface area contributed by atoms with Crippen molar-refractivity contribution >= 4 is 0 Å². The quantitative estimate of drug-likeness (QED) is 0.784. The van der Waals surface area contributed by atoms with Crippen LogP contribution in [0.2, 0.25) is 0 Å². The molecule has 1 saturated carbocycles. The third-order valence-electron chi connectivity index (χ3n) is 4.27. The molecule has 2 aliphatic rings. The topological polar surface area (TPSA) is 44.5 Å². The Morgan fingerprint density at radius 3 is 2.62 bits per heavy atom. The van der Waals surface area contributed by atoms with Crippen molar-refractivity contribution in [3.63, 3.8) is 0 Å². The van der Waals surface area contributed by atoms with Crippen LogP contribution in [0, 0.1) is 11.8 Å². The van der Waals surface area contributed by atoms with E-state index in [4.69, 9.17) is 15.2 Å². The molecule has 2 fully saturated rings. The van der Waals surface area contributed by atoms with Gasteiger partial charge in [0.2, 0.25) is 0 Å². The fourth-order valence-corrected chi connectivity index (χ4v) is 2.74. The van der Waals surface area contributed by atoms with Crippen molar-refractivity contribution in [2.75, 3.05) is 13.2 Å². The zero-order valence-electron chi connectivity index (χ0n) is 10.5. The maximum atomic E-state index is 6.11. The predicted molar refractivity (Wildman–Crippen MR) is 64.3 cm³/mol. The molecule has 5 atom stereocenters. The Labute approximate surface area is 98.7 Å². The van der Waals surface area contributed by atoms with Gasteiger partial charge in [0.05, 0.1) is 18.8 Å². The molecular weight excluding hydrogens is 202 g/mol. The average Bonchev–Trinajstić information content (AvgIpc) is 2.27. The maximum absolute atomic E-state index is 6.11. The summed E-state index contributed by atoms with van der Waals surface area (Å²) in [6.07, 6.45) is 5.13. The summed E-state index contributed by atoms with van der Waals surface area (Å²) in [5.41, 5.74) is 6.05. The molecule has 3 nitrogen and oxygen atoms in total. The van der Waals surface area contributed by atoms with E-state index in [2.05, 4.69) is 13.8 Å². The molecule has 2 N–H and O–H groups in total. The molecule has 16 heavy (non-hydrogen) atoms.